The highest BCUT2D eigenvalue weighted by Crippen LogP contribution is 2.54. The van der Waals surface area contributed by atoms with Crippen LogP contribution in [-0.4, -0.2) is 19.0 Å². The molecule has 2 nitrogen and oxygen atoms in total. The molecule has 1 heterocycles. The fourth-order valence-electron chi connectivity index (χ4n) is 5.11. The summed E-state index contributed by atoms with van der Waals surface area (Å²) in [6.45, 7) is 15.7. The normalized spacial score (nSPS) is 37.0. The van der Waals surface area contributed by atoms with Gasteiger partial charge >= 0.3 is 0 Å². The second-order valence-corrected chi connectivity index (χ2v) is 9.79. The summed E-state index contributed by atoms with van der Waals surface area (Å²) in [4.78, 5) is 0. The molecule has 1 aliphatic carbocycles. The molecule has 1 saturated carbocycles. The molecule has 0 aromatic rings. The highest BCUT2D eigenvalue weighted by atomic mass is 16.7. The summed E-state index contributed by atoms with van der Waals surface area (Å²) in [6, 6.07) is 0. The van der Waals surface area contributed by atoms with Crippen molar-refractivity contribution in [2.24, 2.45) is 29.1 Å². The number of rotatable bonds is 8. The van der Waals surface area contributed by atoms with Crippen LogP contribution in [0.25, 0.3) is 0 Å². The Morgan fingerprint density at radius 2 is 1.58 bits per heavy atom. The lowest BCUT2D eigenvalue weighted by atomic mass is 9.74. The standard InChI is InChI=1S/C22H42O2/c1-7-8-9-10-21(6)23-15-22(16-24-21)14-19(11-17(2)3)13-20(22)12-18(4)5/h17-20H,7-16H2,1-6H3. The van der Waals surface area contributed by atoms with E-state index in [0.29, 0.717) is 0 Å². The second kappa shape index (κ2) is 8.54. The Labute approximate surface area is 151 Å². The van der Waals surface area contributed by atoms with Gasteiger partial charge in [0.2, 0.25) is 0 Å². The number of unbranched alkanes of at least 4 members (excludes halogenated alkanes) is 2. The molecule has 0 aromatic carbocycles. The minimum atomic E-state index is -0.334. The van der Waals surface area contributed by atoms with Gasteiger partial charge in [0.25, 0.3) is 0 Å². The third kappa shape index (κ3) is 5.21. The second-order valence-electron chi connectivity index (χ2n) is 9.79. The Morgan fingerprint density at radius 1 is 0.958 bits per heavy atom. The van der Waals surface area contributed by atoms with Crippen molar-refractivity contribution < 1.29 is 9.47 Å². The van der Waals surface area contributed by atoms with E-state index in [1.165, 1.54) is 44.9 Å². The molecule has 0 radical (unpaired) electrons. The molecular formula is C22H42O2. The van der Waals surface area contributed by atoms with Crippen molar-refractivity contribution in [2.75, 3.05) is 13.2 Å². The minimum Gasteiger partial charge on any atom is -0.350 e. The Hall–Kier alpha value is -0.0800. The van der Waals surface area contributed by atoms with Crippen LogP contribution in [0.4, 0.5) is 0 Å². The van der Waals surface area contributed by atoms with Gasteiger partial charge in [-0.25, -0.2) is 0 Å². The van der Waals surface area contributed by atoms with E-state index in [2.05, 4.69) is 41.5 Å². The van der Waals surface area contributed by atoms with E-state index in [0.717, 1.165) is 43.3 Å². The van der Waals surface area contributed by atoms with E-state index < -0.39 is 0 Å². The lowest BCUT2D eigenvalue weighted by Gasteiger charge is -2.46. The van der Waals surface area contributed by atoms with E-state index in [9.17, 15) is 0 Å². The molecule has 1 saturated heterocycles. The molecule has 2 atom stereocenters. The first-order valence-electron chi connectivity index (χ1n) is 10.6. The Bertz CT molecular complexity index is 366. The molecule has 2 unspecified atom stereocenters. The molecule has 142 valence electrons. The third-order valence-electron chi connectivity index (χ3n) is 6.30. The molecule has 0 amide bonds. The topological polar surface area (TPSA) is 18.5 Å². The predicted molar refractivity (Wildman–Crippen MR) is 102 cm³/mol. The van der Waals surface area contributed by atoms with Gasteiger partial charge < -0.3 is 9.47 Å². The summed E-state index contributed by atoms with van der Waals surface area (Å²) in [5.74, 6) is 2.88. The molecule has 0 N–H and O–H groups in total. The zero-order valence-corrected chi connectivity index (χ0v) is 17.2. The number of hydrogen-bond donors (Lipinski definition) is 0. The maximum absolute atomic E-state index is 6.39. The van der Waals surface area contributed by atoms with Crippen LogP contribution in [0.5, 0.6) is 0 Å². The smallest absolute Gasteiger partial charge is 0.165 e. The van der Waals surface area contributed by atoms with Crippen molar-refractivity contribution in [1.82, 2.24) is 0 Å². The minimum absolute atomic E-state index is 0.286. The molecule has 2 rings (SSSR count). The van der Waals surface area contributed by atoms with Crippen LogP contribution in [0.15, 0.2) is 0 Å². The predicted octanol–water partition coefficient (Wildman–Crippen LogP) is 6.43. The van der Waals surface area contributed by atoms with Gasteiger partial charge in [-0.1, -0.05) is 47.5 Å². The van der Waals surface area contributed by atoms with Crippen LogP contribution in [-0.2, 0) is 9.47 Å². The molecule has 1 aliphatic heterocycles. The van der Waals surface area contributed by atoms with E-state index in [1.54, 1.807) is 0 Å². The van der Waals surface area contributed by atoms with Gasteiger partial charge in [-0.15, -0.1) is 0 Å². The van der Waals surface area contributed by atoms with E-state index in [1.807, 2.05) is 0 Å². The first kappa shape index (κ1) is 20.2. The summed E-state index contributed by atoms with van der Waals surface area (Å²) in [6.07, 6.45) is 10.2. The number of ether oxygens (including phenoxy) is 2. The van der Waals surface area contributed by atoms with Gasteiger partial charge in [-0.2, -0.15) is 0 Å². The van der Waals surface area contributed by atoms with Crippen molar-refractivity contribution in [2.45, 2.75) is 98.7 Å². The fraction of sp³-hybridized carbons (Fsp3) is 1.00. The molecule has 2 aliphatic rings. The van der Waals surface area contributed by atoms with Gasteiger partial charge in [0.15, 0.2) is 5.79 Å². The Balaban J connectivity index is 1.99. The van der Waals surface area contributed by atoms with Crippen LogP contribution in [0, 0.1) is 29.1 Å². The fourth-order valence-corrected chi connectivity index (χ4v) is 5.11. The highest BCUT2D eigenvalue weighted by Gasteiger charge is 2.51. The monoisotopic (exact) mass is 338 g/mol. The summed E-state index contributed by atoms with van der Waals surface area (Å²) in [7, 11) is 0. The quantitative estimate of drug-likeness (QED) is 0.474. The Morgan fingerprint density at radius 3 is 2.12 bits per heavy atom. The maximum atomic E-state index is 6.39. The molecule has 24 heavy (non-hydrogen) atoms. The van der Waals surface area contributed by atoms with Gasteiger partial charge in [0.05, 0.1) is 13.2 Å². The lowest BCUT2D eigenvalue weighted by molar-refractivity contribution is -0.304. The molecule has 2 heteroatoms. The molecule has 2 fully saturated rings. The van der Waals surface area contributed by atoms with Crippen molar-refractivity contribution in [3.05, 3.63) is 0 Å². The van der Waals surface area contributed by atoms with Gasteiger partial charge in [0.1, 0.15) is 0 Å². The van der Waals surface area contributed by atoms with E-state index in [-0.39, 0.29) is 11.2 Å². The highest BCUT2D eigenvalue weighted by molar-refractivity contribution is 4.98. The summed E-state index contributed by atoms with van der Waals surface area (Å²) >= 11 is 0. The summed E-state index contributed by atoms with van der Waals surface area (Å²) in [5.41, 5.74) is 0.286. The van der Waals surface area contributed by atoms with Crippen LogP contribution in [0.1, 0.15) is 92.9 Å². The number of hydrogen-bond acceptors (Lipinski definition) is 2. The average molecular weight is 339 g/mol. The SMILES string of the molecule is CCCCCC1(C)OCC2(CO1)CC(CC(C)C)CC2CC(C)C. The van der Waals surface area contributed by atoms with Gasteiger partial charge in [-0.3, -0.25) is 0 Å². The van der Waals surface area contributed by atoms with Crippen LogP contribution >= 0.6 is 0 Å². The molecule has 0 bridgehead atoms. The van der Waals surface area contributed by atoms with Crippen LogP contribution < -0.4 is 0 Å². The largest absolute Gasteiger partial charge is 0.350 e. The third-order valence-corrected chi connectivity index (χ3v) is 6.30. The maximum Gasteiger partial charge on any atom is 0.165 e. The van der Waals surface area contributed by atoms with Crippen LogP contribution in [0.2, 0.25) is 0 Å². The molecule has 1 spiro atoms. The molecular weight excluding hydrogens is 296 g/mol. The van der Waals surface area contributed by atoms with E-state index in [4.69, 9.17) is 9.47 Å². The zero-order valence-electron chi connectivity index (χ0n) is 17.2. The molecule has 0 aromatic heterocycles. The van der Waals surface area contributed by atoms with Crippen molar-refractivity contribution in [3.63, 3.8) is 0 Å². The van der Waals surface area contributed by atoms with Crippen LogP contribution in [0.3, 0.4) is 0 Å². The first-order valence-corrected chi connectivity index (χ1v) is 10.6. The zero-order chi connectivity index (χ0) is 17.8. The summed E-state index contributed by atoms with van der Waals surface area (Å²) < 4.78 is 12.8. The lowest BCUT2D eigenvalue weighted by Crippen LogP contribution is -2.50. The average Bonchev–Trinajstić information content (AvgIpc) is 2.79. The van der Waals surface area contributed by atoms with Gasteiger partial charge in [0, 0.05) is 11.8 Å². The van der Waals surface area contributed by atoms with Crippen molar-refractivity contribution in [3.8, 4) is 0 Å². The van der Waals surface area contributed by atoms with Crippen molar-refractivity contribution >= 4 is 0 Å². The van der Waals surface area contributed by atoms with Gasteiger partial charge in [-0.05, 0) is 62.7 Å². The first-order chi connectivity index (χ1) is 11.3. The van der Waals surface area contributed by atoms with Crippen molar-refractivity contribution in [1.29, 1.82) is 0 Å². The Kier molecular flexibility index (Phi) is 7.20. The summed E-state index contributed by atoms with van der Waals surface area (Å²) in [5, 5.41) is 0. The van der Waals surface area contributed by atoms with E-state index >= 15 is 0 Å².